The fourth-order valence-electron chi connectivity index (χ4n) is 1.86. The third kappa shape index (κ3) is 2.35. The van der Waals surface area contributed by atoms with Gasteiger partial charge in [0.2, 0.25) is 0 Å². The van der Waals surface area contributed by atoms with E-state index >= 15 is 0 Å². The fourth-order valence-corrected chi connectivity index (χ4v) is 2.72. The summed E-state index contributed by atoms with van der Waals surface area (Å²) in [6, 6.07) is 15.5. The average molecular weight is 268 g/mol. The number of aromatic nitrogens is 1. The minimum Gasteiger partial charge on any atom is -0.320 e. The molecule has 3 nitrogen and oxygen atoms in total. The molecule has 2 aromatic carbocycles. The van der Waals surface area contributed by atoms with Crippen LogP contribution < -0.4 is 5.32 Å². The van der Waals surface area contributed by atoms with Crippen molar-refractivity contribution >= 4 is 33.1 Å². The molecule has 0 bridgehead atoms. The van der Waals surface area contributed by atoms with Crippen molar-refractivity contribution in [3.63, 3.8) is 0 Å². The third-order valence-electron chi connectivity index (χ3n) is 2.88. The van der Waals surface area contributed by atoms with E-state index < -0.39 is 0 Å². The molecule has 0 radical (unpaired) electrons. The van der Waals surface area contributed by atoms with E-state index in [0.717, 1.165) is 21.5 Å². The number of thiazole rings is 1. The van der Waals surface area contributed by atoms with Gasteiger partial charge < -0.3 is 5.32 Å². The van der Waals surface area contributed by atoms with Crippen molar-refractivity contribution in [1.82, 2.24) is 4.98 Å². The summed E-state index contributed by atoms with van der Waals surface area (Å²) in [4.78, 5) is 16.5. The molecule has 0 aliphatic carbocycles. The number of nitrogens with zero attached hydrogens (tertiary/aromatic N) is 1. The first-order valence-electron chi connectivity index (χ1n) is 5.96. The zero-order valence-corrected chi connectivity index (χ0v) is 11.2. The Bertz CT molecular complexity index is 715. The Hall–Kier alpha value is -2.20. The van der Waals surface area contributed by atoms with Crippen LogP contribution in [0.4, 0.5) is 5.69 Å². The third-order valence-corrected chi connectivity index (χ3v) is 3.92. The molecule has 1 aromatic heterocycles. The second-order valence-electron chi connectivity index (χ2n) is 4.26. The topological polar surface area (TPSA) is 42.0 Å². The van der Waals surface area contributed by atoms with Crippen LogP contribution in [0.2, 0.25) is 0 Å². The van der Waals surface area contributed by atoms with Gasteiger partial charge >= 0.3 is 0 Å². The molecule has 0 fully saturated rings. The van der Waals surface area contributed by atoms with Gasteiger partial charge in [0, 0.05) is 5.69 Å². The molecule has 0 aliphatic rings. The molecular weight excluding hydrogens is 256 g/mol. The summed E-state index contributed by atoms with van der Waals surface area (Å²) in [6.07, 6.45) is 0. The standard InChI is InChI=1S/C15H12N2OS/c1-10-6-2-3-7-11(10)16-14(18)15-17-12-8-4-5-9-13(12)19-15/h2-9H,1H3,(H,16,18). The first-order chi connectivity index (χ1) is 9.24. The molecule has 19 heavy (non-hydrogen) atoms. The molecule has 1 amide bonds. The van der Waals surface area contributed by atoms with Gasteiger partial charge in [0.25, 0.3) is 5.91 Å². The Balaban J connectivity index is 1.90. The Morgan fingerprint density at radius 3 is 2.63 bits per heavy atom. The molecule has 0 saturated heterocycles. The number of aryl methyl sites for hydroxylation is 1. The van der Waals surface area contributed by atoms with Crippen molar-refractivity contribution in [3.8, 4) is 0 Å². The first kappa shape index (κ1) is 11.9. The summed E-state index contributed by atoms with van der Waals surface area (Å²) in [5.74, 6) is -0.157. The van der Waals surface area contributed by atoms with Crippen molar-refractivity contribution in [3.05, 3.63) is 59.1 Å². The Morgan fingerprint density at radius 1 is 1.11 bits per heavy atom. The van der Waals surface area contributed by atoms with Crippen molar-refractivity contribution in [1.29, 1.82) is 0 Å². The number of benzene rings is 2. The second kappa shape index (κ2) is 4.82. The Labute approximate surface area is 114 Å². The quantitative estimate of drug-likeness (QED) is 0.767. The van der Waals surface area contributed by atoms with E-state index in [2.05, 4.69) is 10.3 Å². The van der Waals surface area contributed by atoms with Crippen molar-refractivity contribution < 1.29 is 4.79 Å². The summed E-state index contributed by atoms with van der Waals surface area (Å²) in [7, 11) is 0. The number of rotatable bonds is 2. The highest BCUT2D eigenvalue weighted by Gasteiger charge is 2.12. The summed E-state index contributed by atoms with van der Waals surface area (Å²) in [6.45, 7) is 1.97. The molecule has 0 atom stereocenters. The first-order valence-corrected chi connectivity index (χ1v) is 6.78. The second-order valence-corrected chi connectivity index (χ2v) is 5.29. The smallest absolute Gasteiger partial charge is 0.284 e. The van der Waals surface area contributed by atoms with E-state index in [1.165, 1.54) is 11.3 Å². The van der Waals surface area contributed by atoms with Crippen LogP contribution in [0.5, 0.6) is 0 Å². The summed E-state index contributed by atoms with van der Waals surface area (Å²) >= 11 is 1.41. The number of para-hydroxylation sites is 2. The molecule has 1 heterocycles. The van der Waals surface area contributed by atoms with Gasteiger partial charge in [0.1, 0.15) is 0 Å². The maximum Gasteiger partial charge on any atom is 0.284 e. The Morgan fingerprint density at radius 2 is 1.84 bits per heavy atom. The molecule has 0 unspecified atom stereocenters. The lowest BCUT2D eigenvalue weighted by Gasteiger charge is -2.05. The lowest BCUT2D eigenvalue weighted by atomic mass is 10.2. The molecule has 0 spiro atoms. The lowest BCUT2D eigenvalue weighted by molar-refractivity contribution is 0.102. The van der Waals surface area contributed by atoms with Gasteiger partial charge in [-0.2, -0.15) is 0 Å². The van der Waals surface area contributed by atoms with Crippen molar-refractivity contribution in [2.75, 3.05) is 5.32 Å². The molecule has 1 N–H and O–H groups in total. The van der Waals surface area contributed by atoms with Gasteiger partial charge in [-0.1, -0.05) is 30.3 Å². The number of hydrogen-bond donors (Lipinski definition) is 1. The van der Waals surface area contributed by atoms with Gasteiger partial charge in [-0.3, -0.25) is 4.79 Å². The number of hydrogen-bond acceptors (Lipinski definition) is 3. The van der Waals surface area contributed by atoms with Crippen LogP contribution in [0.15, 0.2) is 48.5 Å². The summed E-state index contributed by atoms with van der Waals surface area (Å²) < 4.78 is 1.03. The Kier molecular flexibility index (Phi) is 3.01. The number of carbonyl (C=O) groups is 1. The van der Waals surface area contributed by atoms with Crippen LogP contribution in [0.1, 0.15) is 15.4 Å². The maximum atomic E-state index is 12.2. The zero-order valence-electron chi connectivity index (χ0n) is 10.4. The molecule has 3 rings (SSSR count). The van der Waals surface area contributed by atoms with E-state index in [0.29, 0.717) is 5.01 Å². The largest absolute Gasteiger partial charge is 0.320 e. The van der Waals surface area contributed by atoms with E-state index in [-0.39, 0.29) is 5.91 Å². The number of anilines is 1. The highest BCUT2D eigenvalue weighted by molar-refractivity contribution is 7.20. The van der Waals surface area contributed by atoms with Crippen molar-refractivity contribution in [2.45, 2.75) is 6.92 Å². The number of carbonyl (C=O) groups excluding carboxylic acids is 1. The zero-order chi connectivity index (χ0) is 13.2. The summed E-state index contributed by atoms with van der Waals surface area (Å²) in [5.41, 5.74) is 2.73. The van der Waals surface area contributed by atoms with E-state index in [1.807, 2.05) is 55.5 Å². The van der Waals surface area contributed by atoms with Gasteiger partial charge in [0.15, 0.2) is 5.01 Å². The van der Waals surface area contributed by atoms with Crippen LogP contribution in [-0.4, -0.2) is 10.9 Å². The minimum absolute atomic E-state index is 0.157. The molecule has 0 aliphatic heterocycles. The van der Waals surface area contributed by atoms with Gasteiger partial charge in [-0.25, -0.2) is 4.98 Å². The van der Waals surface area contributed by atoms with Crippen molar-refractivity contribution in [2.24, 2.45) is 0 Å². The highest BCUT2D eigenvalue weighted by atomic mass is 32.1. The maximum absolute atomic E-state index is 12.2. The molecule has 0 saturated carbocycles. The van der Waals surface area contributed by atoms with Crippen LogP contribution >= 0.6 is 11.3 Å². The minimum atomic E-state index is -0.157. The lowest BCUT2D eigenvalue weighted by Crippen LogP contribution is -2.12. The molecule has 3 aromatic rings. The fraction of sp³-hybridized carbons (Fsp3) is 0.0667. The predicted octanol–water partition coefficient (Wildman–Crippen LogP) is 3.86. The monoisotopic (exact) mass is 268 g/mol. The molecule has 4 heteroatoms. The van der Waals surface area contributed by atoms with E-state index in [4.69, 9.17) is 0 Å². The van der Waals surface area contributed by atoms with Gasteiger partial charge in [0.05, 0.1) is 10.2 Å². The number of amides is 1. The number of nitrogens with one attached hydrogen (secondary N) is 1. The van der Waals surface area contributed by atoms with Crippen LogP contribution in [0, 0.1) is 6.92 Å². The van der Waals surface area contributed by atoms with Crippen LogP contribution in [0.25, 0.3) is 10.2 Å². The highest BCUT2D eigenvalue weighted by Crippen LogP contribution is 2.23. The SMILES string of the molecule is Cc1ccccc1NC(=O)c1nc2ccccc2s1. The van der Waals surface area contributed by atoms with Crippen LogP contribution in [0.3, 0.4) is 0 Å². The van der Waals surface area contributed by atoms with E-state index in [1.54, 1.807) is 0 Å². The van der Waals surface area contributed by atoms with Gasteiger partial charge in [-0.05, 0) is 30.7 Å². The molecule has 94 valence electrons. The number of fused-ring (bicyclic) bond motifs is 1. The average Bonchev–Trinajstić information content (AvgIpc) is 2.85. The van der Waals surface area contributed by atoms with E-state index in [9.17, 15) is 4.79 Å². The van der Waals surface area contributed by atoms with Crippen LogP contribution in [-0.2, 0) is 0 Å². The predicted molar refractivity (Wildman–Crippen MR) is 78.8 cm³/mol. The normalized spacial score (nSPS) is 10.6. The van der Waals surface area contributed by atoms with Gasteiger partial charge in [-0.15, -0.1) is 11.3 Å². The summed E-state index contributed by atoms with van der Waals surface area (Å²) in [5, 5.41) is 3.39. The molecular formula is C15H12N2OS.